The molecule has 0 unspecified atom stereocenters. The standard InChI is InChI=1S/C16H21NO4/c1-4-11(2)21-14-9-12(16(19)20-3)8-13(10-14)17-7-5-6-15(17)18/h8-11H,4-7H2,1-3H3/t11-/m0/s1. The first-order valence-corrected chi connectivity index (χ1v) is 7.25. The van der Waals surface area contributed by atoms with Crippen molar-refractivity contribution in [2.24, 2.45) is 0 Å². The van der Waals surface area contributed by atoms with E-state index >= 15 is 0 Å². The van der Waals surface area contributed by atoms with E-state index in [2.05, 4.69) is 0 Å². The van der Waals surface area contributed by atoms with Crippen LogP contribution in [0.2, 0.25) is 0 Å². The van der Waals surface area contributed by atoms with Crippen LogP contribution in [0.5, 0.6) is 5.75 Å². The second-order valence-electron chi connectivity index (χ2n) is 5.19. The van der Waals surface area contributed by atoms with Crippen LogP contribution in [-0.4, -0.2) is 31.6 Å². The topological polar surface area (TPSA) is 55.8 Å². The Balaban J connectivity index is 2.36. The molecule has 2 rings (SSSR count). The number of methoxy groups -OCH3 is 1. The maximum absolute atomic E-state index is 11.9. The van der Waals surface area contributed by atoms with Gasteiger partial charge in [0.05, 0.1) is 18.8 Å². The van der Waals surface area contributed by atoms with Crippen LogP contribution in [0.1, 0.15) is 43.5 Å². The Hall–Kier alpha value is -2.04. The summed E-state index contributed by atoms with van der Waals surface area (Å²) in [6, 6.07) is 5.14. The minimum Gasteiger partial charge on any atom is -0.491 e. The van der Waals surface area contributed by atoms with Gasteiger partial charge in [0.15, 0.2) is 0 Å². The molecule has 21 heavy (non-hydrogen) atoms. The molecule has 1 saturated heterocycles. The van der Waals surface area contributed by atoms with Crippen molar-refractivity contribution < 1.29 is 19.1 Å². The first-order valence-electron chi connectivity index (χ1n) is 7.25. The van der Waals surface area contributed by atoms with E-state index < -0.39 is 5.97 Å². The molecule has 1 aliphatic rings. The van der Waals surface area contributed by atoms with Crippen molar-refractivity contribution in [1.29, 1.82) is 0 Å². The van der Waals surface area contributed by atoms with Crippen LogP contribution in [0.3, 0.4) is 0 Å². The van der Waals surface area contributed by atoms with E-state index in [1.54, 1.807) is 17.0 Å². The average Bonchev–Trinajstić information content (AvgIpc) is 2.92. The number of esters is 1. The average molecular weight is 291 g/mol. The Morgan fingerprint density at radius 1 is 1.38 bits per heavy atom. The lowest BCUT2D eigenvalue weighted by Gasteiger charge is -2.19. The number of ether oxygens (including phenoxy) is 2. The quantitative estimate of drug-likeness (QED) is 0.783. The van der Waals surface area contributed by atoms with Crippen LogP contribution >= 0.6 is 0 Å². The van der Waals surface area contributed by atoms with E-state index in [0.29, 0.717) is 30.0 Å². The number of hydrogen-bond donors (Lipinski definition) is 0. The fourth-order valence-electron chi connectivity index (χ4n) is 2.28. The lowest BCUT2D eigenvalue weighted by Crippen LogP contribution is -2.24. The van der Waals surface area contributed by atoms with Crippen molar-refractivity contribution in [3.05, 3.63) is 23.8 Å². The Kier molecular flexibility index (Phi) is 4.83. The van der Waals surface area contributed by atoms with Gasteiger partial charge in [0.2, 0.25) is 5.91 Å². The van der Waals surface area contributed by atoms with E-state index in [1.165, 1.54) is 7.11 Å². The van der Waals surface area contributed by atoms with Crippen LogP contribution in [0.25, 0.3) is 0 Å². The van der Waals surface area contributed by atoms with Crippen molar-refractivity contribution in [1.82, 2.24) is 0 Å². The molecule has 1 heterocycles. The third-order valence-corrected chi connectivity index (χ3v) is 3.61. The molecule has 0 spiro atoms. The van der Waals surface area contributed by atoms with E-state index in [-0.39, 0.29) is 12.0 Å². The van der Waals surface area contributed by atoms with Crippen molar-refractivity contribution in [3.63, 3.8) is 0 Å². The lowest BCUT2D eigenvalue weighted by molar-refractivity contribution is -0.117. The number of anilines is 1. The predicted molar refractivity (Wildman–Crippen MR) is 79.7 cm³/mol. The highest BCUT2D eigenvalue weighted by Crippen LogP contribution is 2.28. The van der Waals surface area contributed by atoms with Gasteiger partial charge in [-0.1, -0.05) is 6.92 Å². The molecule has 0 radical (unpaired) electrons. The summed E-state index contributed by atoms with van der Waals surface area (Å²) in [5.74, 6) is 0.228. The second-order valence-corrected chi connectivity index (χ2v) is 5.19. The number of rotatable bonds is 5. The summed E-state index contributed by atoms with van der Waals surface area (Å²) >= 11 is 0. The molecule has 0 saturated carbocycles. The summed E-state index contributed by atoms with van der Waals surface area (Å²) in [5, 5.41) is 0. The maximum Gasteiger partial charge on any atom is 0.338 e. The van der Waals surface area contributed by atoms with Crippen LogP contribution < -0.4 is 9.64 Å². The minimum atomic E-state index is -0.433. The Labute approximate surface area is 124 Å². The van der Waals surface area contributed by atoms with Crippen LogP contribution in [0.4, 0.5) is 5.69 Å². The first-order chi connectivity index (χ1) is 10.0. The van der Waals surface area contributed by atoms with Gasteiger partial charge in [-0.3, -0.25) is 4.79 Å². The maximum atomic E-state index is 11.9. The Morgan fingerprint density at radius 2 is 2.14 bits per heavy atom. The molecule has 1 aliphatic heterocycles. The van der Waals surface area contributed by atoms with Gasteiger partial charge < -0.3 is 14.4 Å². The molecule has 1 aromatic rings. The fourth-order valence-corrected chi connectivity index (χ4v) is 2.28. The highest BCUT2D eigenvalue weighted by Gasteiger charge is 2.23. The smallest absolute Gasteiger partial charge is 0.338 e. The third kappa shape index (κ3) is 3.54. The van der Waals surface area contributed by atoms with E-state index in [9.17, 15) is 9.59 Å². The normalized spacial score (nSPS) is 16.0. The van der Waals surface area contributed by atoms with E-state index in [1.807, 2.05) is 19.9 Å². The highest BCUT2D eigenvalue weighted by atomic mass is 16.5. The number of benzene rings is 1. The van der Waals surface area contributed by atoms with Crippen molar-refractivity contribution in [3.8, 4) is 5.75 Å². The van der Waals surface area contributed by atoms with Crippen molar-refractivity contribution in [2.45, 2.75) is 39.2 Å². The number of amides is 1. The van der Waals surface area contributed by atoms with E-state index in [4.69, 9.17) is 9.47 Å². The number of hydrogen-bond acceptors (Lipinski definition) is 4. The Morgan fingerprint density at radius 3 is 2.71 bits per heavy atom. The molecule has 1 amide bonds. The molecule has 0 N–H and O–H groups in total. The van der Waals surface area contributed by atoms with Crippen molar-refractivity contribution >= 4 is 17.6 Å². The van der Waals surface area contributed by atoms with Gasteiger partial charge in [-0.15, -0.1) is 0 Å². The molecular weight excluding hydrogens is 270 g/mol. The number of nitrogens with zero attached hydrogens (tertiary/aromatic N) is 1. The highest BCUT2D eigenvalue weighted by molar-refractivity contribution is 5.98. The summed E-state index contributed by atoms with van der Waals surface area (Å²) < 4.78 is 10.6. The lowest BCUT2D eigenvalue weighted by atomic mass is 10.1. The SMILES string of the molecule is CC[C@H](C)Oc1cc(C(=O)OC)cc(N2CCCC2=O)c1. The summed E-state index contributed by atoms with van der Waals surface area (Å²) in [6.07, 6.45) is 2.29. The van der Waals surface area contributed by atoms with Gasteiger partial charge in [-0.05, 0) is 31.9 Å². The van der Waals surface area contributed by atoms with Gasteiger partial charge in [0.1, 0.15) is 5.75 Å². The number of carbonyl (C=O) groups is 2. The second kappa shape index (κ2) is 6.61. The van der Waals surface area contributed by atoms with Crippen LogP contribution in [0.15, 0.2) is 18.2 Å². The summed E-state index contributed by atoms with van der Waals surface area (Å²) in [4.78, 5) is 25.4. The zero-order chi connectivity index (χ0) is 15.4. The predicted octanol–water partition coefficient (Wildman–Crippen LogP) is 2.78. The Bertz CT molecular complexity index is 541. The van der Waals surface area contributed by atoms with Gasteiger partial charge in [-0.2, -0.15) is 0 Å². The van der Waals surface area contributed by atoms with Crippen LogP contribution in [-0.2, 0) is 9.53 Å². The molecular formula is C16H21NO4. The van der Waals surface area contributed by atoms with E-state index in [0.717, 1.165) is 12.8 Å². The first kappa shape index (κ1) is 15.4. The molecule has 0 aromatic heterocycles. The minimum absolute atomic E-state index is 0.0417. The molecule has 114 valence electrons. The monoisotopic (exact) mass is 291 g/mol. The fraction of sp³-hybridized carbons (Fsp3) is 0.500. The molecule has 1 aromatic carbocycles. The molecule has 1 fully saturated rings. The summed E-state index contributed by atoms with van der Waals surface area (Å²) in [7, 11) is 1.34. The molecule has 0 aliphatic carbocycles. The molecule has 5 heteroatoms. The molecule has 1 atom stereocenters. The molecule has 0 bridgehead atoms. The van der Waals surface area contributed by atoms with Crippen LogP contribution in [0, 0.1) is 0 Å². The number of carbonyl (C=O) groups excluding carboxylic acids is 2. The van der Waals surface area contributed by atoms with Gasteiger partial charge in [0, 0.05) is 24.7 Å². The zero-order valence-electron chi connectivity index (χ0n) is 12.7. The van der Waals surface area contributed by atoms with Crippen molar-refractivity contribution in [2.75, 3.05) is 18.6 Å². The van der Waals surface area contributed by atoms with Gasteiger partial charge >= 0.3 is 5.97 Å². The van der Waals surface area contributed by atoms with Gasteiger partial charge in [0.25, 0.3) is 0 Å². The largest absolute Gasteiger partial charge is 0.491 e. The van der Waals surface area contributed by atoms with Gasteiger partial charge in [-0.25, -0.2) is 4.79 Å². The summed E-state index contributed by atoms with van der Waals surface area (Å²) in [5.41, 5.74) is 1.09. The third-order valence-electron chi connectivity index (χ3n) is 3.61. The summed E-state index contributed by atoms with van der Waals surface area (Å²) in [6.45, 7) is 4.66. The zero-order valence-corrected chi connectivity index (χ0v) is 12.7. The molecule has 5 nitrogen and oxygen atoms in total.